The fraction of sp³-hybridized carbons (Fsp3) is 0.875. The molecule has 2 N–H and O–H groups in total. The van der Waals surface area contributed by atoms with Gasteiger partial charge < -0.3 is 19.9 Å². The summed E-state index contributed by atoms with van der Waals surface area (Å²) in [6.45, 7) is 1.48. The highest BCUT2D eigenvalue weighted by Gasteiger charge is 2.32. The molecule has 5 nitrogen and oxygen atoms in total. The van der Waals surface area contributed by atoms with Gasteiger partial charge in [0.25, 0.3) is 0 Å². The lowest BCUT2D eigenvalue weighted by Crippen LogP contribution is -2.42. The molecule has 2 heterocycles. The summed E-state index contributed by atoms with van der Waals surface area (Å²) in [6.07, 6.45) is -0.0471. The van der Waals surface area contributed by atoms with E-state index >= 15 is 0 Å². The Morgan fingerprint density at radius 3 is 2.77 bits per heavy atom. The van der Waals surface area contributed by atoms with Crippen molar-refractivity contribution in [2.75, 3.05) is 19.8 Å². The van der Waals surface area contributed by atoms with Crippen LogP contribution in [-0.4, -0.2) is 49.1 Å². The maximum atomic E-state index is 11.3. The smallest absolute Gasteiger partial charge is 0.323 e. The van der Waals surface area contributed by atoms with Gasteiger partial charge in [-0.3, -0.25) is 4.79 Å². The number of hydrogen-bond acceptors (Lipinski definition) is 5. The number of nitrogens with one attached hydrogen (secondary N) is 1. The average Bonchev–Trinajstić information content (AvgIpc) is 2.44. The van der Waals surface area contributed by atoms with Crippen LogP contribution in [0.1, 0.15) is 6.42 Å². The van der Waals surface area contributed by atoms with Gasteiger partial charge in [-0.25, -0.2) is 0 Å². The highest BCUT2D eigenvalue weighted by molar-refractivity contribution is 5.76. The lowest BCUT2D eigenvalue weighted by atomic mass is 10.2. The molecule has 2 rings (SSSR count). The lowest BCUT2D eigenvalue weighted by Gasteiger charge is -2.26. The Morgan fingerprint density at radius 2 is 2.31 bits per heavy atom. The summed E-state index contributed by atoms with van der Waals surface area (Å²) in [7, 11) is 0. The zero-order valence-electron chi connectivity index (χ0n) is 7.23. The molecule has 2 aliphatic rings. The van der Waals surface area contributed by atoms with E-state index in [9.17, 15) is 4.79 Å². The quantitative estimate of drug-likeness (QED) is 0.523. The van der Waals surface area contributed by atoms with E-state index in [2.05, 4.69) is 5.32 Å². The van der Waals surface area contributed by atoms with Gasteiger partial charge in [0, 0.05) is 13.0 Å². The molecule has 0 radical (unpaired) electrons. The minimum atomic E-state index is -0.421. The van der Waals surface area contributed by atoms with E-state index in [1.807, 2.05) is 0 Å². The number of rotatable bonds is 2. The molecule has 0 aromatic carbocycles. The Balaban J connectivity index is 1.76. The predicted molar refractivity (Wildman–Crippen MR) is 43.1 cm³/mol. The first kappa shape index (κ1) is 8.93. The molecule has 2 atom stereocenters. The molecule has 5 heteroatoms. The summed E-state index contributed by atoms with van der Waals surface area (Å²) < 4.78 is 9.95. The molecule has 2 aliphatic heterocycles. The average molecular weight is 187 g/mol. The van der Waals surface area contributed by atoms with Crippen molar-refractivity contribution < 1.29 is 19.4 Å². The Hall–Kier alpha value is -0.650. The largest absolute Gasteiger partial charge is 0.456 e. The van der Waals surface area contributed by atoms with Crippen LogP contribution < -0.4 is 5.32 Å². The Labute approximate surface area is 76.0 Å². The monoisotopic (exact) mass is 187 g/mol. The molecule has 0 aromatic rings. The summed E-state index contributed by atoms with van der Waals surface area (Å²) >= 11 is 0. The maximum absolute atomic E-state index is 11.3. The zero-order chi connectivity index (χ0) is 9.26. The number of aliphatic hydroxyl groups is 1. The Kier molecular flexibility index (Phi) is 2.48. The predicted octanol–water partition coefficient (Wildman–Crippen LogP) is -1.35. The minimum Gasteiger partial charge on any atom is -0.456 e. The number of carbonyl (C=O) groups is 1. The highest BCUT2D eigenvalue weighted by Crippen LogP contribution is 2.12. The maximum Gasteiger partial charge on any atom is 0.323 e. The molecule has 0 aromatic heterocycles. The van der Waals surface area contributed by atoms with Crippen molar-refractivity contribution in [3.63, 3.8) is 0 Å². The van der Waals surface area contributed by atoms with Crippen LogP contribution in [0.2, 0.25) is 0 Å². The second kappa shape index (κ2) is 3.61. The van der Waals surface area contributed by atoms with E-state index in [-0.39, 0.29) is 18.1 Å². The molecule has 0 spiro atoms. The van der Waals surface area contributed by atoms with Crippen molar-refractivity contribution in [2.24, 2.45) is 0 Å². The minimum absolute atomic E-state index is 0.0768. The molecule has 13 heavy (non-hydrogen) atoms. The summed E-state index contributed by atoms with van der Waals surface area (Å²) in [5, 5.41) is 12.1. The first-order valence-electron chi connectivity index (χ1n) is 4.45. The van der Waals surface area contributed by atoms with Crippen LogP contribution in [0.3, 0.4) is 0 Å². The molecular formula is C8H13NO4. The molecule has 74 valence electrons. The molecule has 0 unspecified atom stereocenters. The number of hydrogen-bond donors (Lipinski definition) is 2. The van der Waals surface area contributed by atoms with Crippen LogP contribution in [0, 0.1) is 0 Å². The van der Waals surface area contributed by atoms with E-state index in [0.29, 0.717) is 26.2 Å². The third-order valence-electron chi connectivity index (χ3n) is 2.28. The van der Waals surface area contributed by atoms with Crippen molar-refractivity contribution in [3.05, 3.63) is 0 Å². The Bertz CT molecular complexity index is 204. The van der Waals surface area contributed by atoms with Crippen molar-refractivity contribution in [3.8, 4) is 0 Å². The summed E-state index contributed by atoms with van der Waals surface area (Å²) in [6, 6.07) is -0.337. The molecular weight excluding hydrogens is 174 g/mol. The van der Waals surface area contributed by atoms with Gasteiger partial charge >= 0.3 is 5.97 Å². The van der Waals surface area contributed by atoms with Crippen LogP contribution in [0.5, 0.6) is 0 Å². The van der Waals surface area contributed by atoms with Gasteiger partial charge in [-0.1, -0.05) is 0 Å². The normalized spacial score (nSPS) is 34.2. The standard InChI is InChI=1S/C8H13NO4/c10-5-1-7(9-2-5)8(11)13-6-3-12-4-6/h5-7,9-10H,1-4H2/t5-,7-/m1/s1. The van der Waals surface area contributed by atoms with Crippen LogP contribution in [0.4, 0.5) is 0 Å². The summed E-state index contributed by atoms with van der Waals surface area (Å²) in [5.41, 5.74) is 0. The molecule has 2 saturated heterocycles. The van der Waals surface area contributed by atoms with E-state index in [1.165, 1.54) is 0 Å². The highest BCUT2D eigenvalue weighted by atomic mass is 16.6. The number of esters is 1. The van der Waals surface area contributed by atoms with Crippen molar-refractivity contribution in [1.29, 1.82) is 0 Å². The van der Waals surface area contributed by atoms with Gasteiger partial charge in [0.2, 0.25) is 0 Å². The van der Waals surface area contributed by atoms with Gasteiger partial charge in [-0.15, -0.1) is 0 Å². The number of aliphatic hydroxyl groups excluding tert-OH is 1. The second-order valence-electron chi connectivity index (χ2n) is 3.45. The fourth-order valence-electron chi connectivity index (χ4n) is 1.43. The third kappa shape index (κ3) is 1.99. The summed E-state index contributed by atoms with van der Waals surface area (Å²) in [5.74, 6) is -0.273. The van der Waals surface area contributed by atoms with Crippen molar-refractivity contribution in [1.82, 2.24) is 5.32 Å². The molecule has 0 aliphatic carbocycles. The van der Waals surface area contributed by atoms with Gasteiger partial charge in [0.1, 0.15) is 12.1 Å². The van der Waals surface area contributed by atoms with Crippen molar-refractivity contribution in [2.45, 2.75) is 24.7 Å². The molecule has 0 saturated carbocycles. The molecule has 0 bridgehead atoms. The van der Waals surface area contributed by atoms with Gasteiger partial charge in [0.05, 0.1) is 19.3 Å². The number of ether oxygens (including phenoxy) is 2. The van der Waals surface area contributed by atoms with E-state index in [1.54, 1.807) is 0 Å². The first-order chi connectivity index (χ1) is 6.25. The van der Waals surface area contributed by atoms with Gasteiger partial charge in [0.15, 0.2) is 0 Å². The van der Waals surface area contributed by atoms with Gasteiger partial charge in [-0.05, 0) is 0 Å². The summed E-state index contributed by atoms with van der Waals surface area (Å²) in [4.78, 5) is 11.3. The fourth-order valence-corrected chi connectivity index (χ4v) is 1.43. The third-order valence-corrected chi connectivity index (χ3v) is 2.28. The van der Waals surface area contributed by atoms with Crippen LogP contribution in [-0.2, 0) is 14.3 Å². The lowest BCUT2D eigenvalue weighted by molar-refractivity contribution is -0.174. The first-order valence-corrected chi connectivity index (χ1v) is 4.45. The van der Waals surface area contributed by atoms with Crippen LogP contribution >= 0.6 is 0 Å². The van der Waals surface area contributed by atoms with Gasteiger partial charge in [-0.2, -0.15) is 0 Å². The topological polar surface area (TPSA) is 67.8 Å². The Morgan fingerprint density at radius 1 is 1.54 bits per heavy atom. The van der Waals surface area contributed by atoms with E-state index in [0.717, 1.165) is 0 Å². The number of carbonyl (C=O) groups excluding carboxylic acids is 1. The number of β-amino-alcohol motifs (C(OH)–C–C–N with tert-alkyl or cyclic N) is 1. The van der Waals surface area contributed by atoms with Crippen molar-refractivity contribution >= 4 is 5.97 Å². The second-order valence-corrected chi connectivity index (χ2v) is 3.45. The van der Waals surface area contributed by atoms with E-state index < -0.39 is 6.10 Å². The SMILES string of the molecule is O=C(OC1COC1)[C@H]1C[C@@H](O)CN1. The zero-order valence-corrected chi connectivity index (χ0v) is 7.23. The molecule has 2 fully saturated rings. The van der Waals surface area contributed by atoms with E-state index in [4.69, 9.17) is 14.6 Å². The van der Waals surface area contributed by atoms with Crippen LogP contribution in [0.15, 0.2) is 0 Å². The van der Waals surface area contributed by atoms with Crippen LogP contribution in [0.25, 0.3) is 0 Å². The molecule has 0 amide bonds.